The van der Waals surface area contributed by atoms with Crippen LogP contribution in [0.1, 0.15) is 264 Å². The van der Waals surface area contributed by atoms with Crippen LogP contribution in [0.15, 0.2) is 0 Å². The molecule has 0 atom stereocenters. The molecule has 0 amide bonds. The Labute approximate surface area is 355 Å². The largest absolute Gasteiger partial charge is 0.317 e. The van der Waals surface area contributed by atoms with Crippen LogP contribution in [0.4, 0.5) is 0 Å². The lowest BCUT2D eigenvalue weighted by molar-refractivity contribution is 0.252. The molecule has 56 heavy (non-hydrogen) atoms. The van der Waals surface area contributed by atoms with Gasteiger partial charge < -0.3 is 15.1 Å². The van der Waals surface area contributed by atoms with Gasteiger partial charge in [-0.3, -0.25) is 0 Å². The van der Waals surface area contributed by atoms with Crippen molar-refractivity contribution in [2.75, 3.05) is 52.4 Å². The maximum Gasteiger partial charge on any atom is 0.00982 e. The standard InChI is InChI=1S/C53H103N3/c1-5-9-13-16-18-20-22-24-26-28-30-32-34-36-38-42-50-56(51-43-39-37-35-33-31-29-27-25-23-21-19-17-14-10-6-2)53-45-47-54-46-44-52-55(48-40-12-8-4)49-41-15-11-7-3/h3-4,54H,5-6,9-53H2,1-2H3. The molecule has 3 nitrogen and oxygen atoms in total. The predicted molar refractivity (Wildman–Crippen MR) is 255 cm³/mol. The summed E-state index contributed by atoms with van der Waals surface area (Å²) in [6, 6.07) is 0. The first-order valence-electron chi connectivity index (χ1n) is 25.8. The molecule has 0 saturated heterocycles. The summed E-state index contributed by atoms with van der Waals surface area (Å²) in [5.41, 5.74) is 0. The molecule has 0 aromatic heterocycles. The molecule has 0 bridgehead atoms. The molecule has 0 fully saturated rings. The van der Waals surface area contributed by atoms with Crippen molar-refractivity contribution in [3.05, 3.63) is 0 Å². The van der Waals surface area contributed by atoms with E-state index in [1.54, 1.807) is 0 Å². The third kappa shape index (κ3) is 45.7. The Balaban J connectivity index is 4.19. The summed E-state index contributed by atoms with van der Waals surface area (Å²) in [4.78, 5) is 5.42. The van der Waals surface area contributed by atoms with Gasteiger partial charge in [-0.15, -0.1) is 24.7 Å². The highest BCUT2D eigenvalue weighted by molar-refractivity contribution is 4.84. The highest BCUT2D eigenvalue weighted by atomic mass is 15.1. The Morgan fingerprint density at radius 3 is 0.821 bits per heavy atom. The summed E-state index contributed by atoms with van der Waals surface area (Å²) >= 11 is 0. The molecular weight excluding hydrogens is 679 g/mol. The van der Waals surface area contributed by atoms with E-state index in [1.807, 2.05) is 0 Å². The zero-order valence-corrected chi connectivity index (χ0v) is 38.8. The molecule has 0 heterocycles. The molecule has 0 aliphatic carbocycles. The van der Waals surface area contributed by atoms with E-state index in [0.717, 1.165) is 58.4 Å². The Bertz CT molecular complexity index is 760. The highest BCUT2D eigenvalue weighted by Crippen LogP contribution is 2.16. The van der Waals surface area contributed by atoms with Gasteiger partial charge in [-0.25, -0.2) is 0 Å². The fourth-order valence-electron chi connectivity index (χ4n) is 8.39. The molecule has 0 spiro atoms. The van der Waals surface area contributed by atoms with Crippen molar-refractivity contribution < 1.29 is 0 Å². The van der Waals surface area contributed by atoms with Crippen molar-refractivity contribution in [1.82, 2.24) is 15.1 Å². The van der Waals surface area contributed by atoms with Crippen LogP contribution in [-0.2, 0) is 0 Å². The third-order valence-corrected chi connectivity index (χ3v) is 12.2. The SMILES string of the molecule is C#CCCCCN(CCCC#C)CCCNCCCN(CCCCCCCCCCCCCCCCCC)CCCCCCCCCCCCCCCCCC. The minimum Gasteiger partial charge on any atom is -0.317 e. The first kappa shape index (κ1) is 55.0. The molecule has 330 valence electrons. The van der Waals surface area contributed by atoms with Gasteiger partial charge in [0.25, 0.3) is 0 Å². The number of nitrogens with one attached hydrogen (secondary N) is 1. The van der Waals surface area contributed by atoms with Gasteiger partial charge in [-0.2, -0.15) is 0 Å². The van der Waals surface area contributed by atoms with Crippen LogP contribution in [0.25, 0.3) is 0 Å². The van der Waals surface area contributed by atoms with E-state index in [2.05, 4.69) is 40.8 Å². The summed E-state index contributed by atoms with van der Waals surface area (Å²) in [5.74, 6) is 5.59. The lowest BCUT2D eigenvalue weighted by Crippen LogP contribution is -2.31. The molecule has 1 N–H and O–H groups in total. The Kier molecular flexibility index (Phi) is 49.2. The van der Waals surface area contributed by atoms with Crippen molar-refractivity contribution in [3.63, 3.8) is 0 Å². The fourth-order valence-corrected chi connectivity index (χ4v) is 8.39. The van der Waals surface area contributed by atoms with Crippen molar-refractivity contribution >= 4 is 0 Å². The molecule has 0 unspecified atom stereocenters. The average Bonchev–Trinajstić information content (AvgIpc) is 3.21. The first-order chi connectivity index (χ1) is 27.8. The van der Waals surface area contributed by atoms with Gasteiger partial charge >= 0.3 is 0 Å². The number of hydrogen-bond donors (Lipinski definition) is 1. The minimum atomic E-state index is 0.883. The Hall–Kier alpha value is -1.00. The van der Waals surface area contributed by atoms with Crippen LogP contribution < -0.4 is 5.32 Å². The Morgan fingerprint density at radius 2 is 0.518 bits per heavy atom. The third-order valence-electron chi connectivity index (χ3n) is 12.2. The number of unbranched alkanes of at least 4 members (excludes halogenated alkanes) is 33. The van der Waals surface area contributed by atoms with E-state index in [0.29, 0.717) is 0 Å². The molecular formula is C53H103N3. The van der Waals surface area contributed by atoms with Crippen molar-refractivity contribution in [2.45, 2.75) is 264 Å². The van der Waals surface area contributed by atoms with Gasteiger partial charge in [0.15, 0.2) is 0 Å². The summed E-state index contributed by atoms with van der Waals surface area (Å²) in [6.45, 7) is 14.2. The number of hydrogen-bond acceptors (Lipinski definition) is 3. The average molecular weight is 782 g/mol. The number of terminal acetylenes is 2. The summed E-state index contributed by atoms with van der Waals surface area (Å²) in [7, 11) is 0. The zero-order valence-electron chi connectivity index (χ0n) is 38.8. The van der Waals surface area contributed by atoms with Crippen LogP contribution in [0.3, 0.4) is 0 Å². The topological polar surface area (TPSA) is 18.5 Å². The van der Waals surface area contributed by atoms with Crippen LogP contribution in [0.2, 0.25) is 0 Å². The van der Waals surface area contributed by atoms with E-state index in [1.165, 1.54) is 244 Å². The monoisotopic (exact) mass is 782 g/mol. The van der Waals surface area contributed by atoms with Gasteiger partial charge in [-0.05, 0) is 97.3 Å². The lowest BCUT2D eigenvalue weighted by atomic mass is 10.0. The summed E-state index contributed by atoms with van der Waals surface area (Å²) in [5, 5.41) is 3.78. The van der Waals surface area contributed by atoms with E-state index in [4.69, 9.17) is 12.8 Å². The van der Waals surface area contributed by atoms with E-state index >= 15 is 0 Å². The first-order valence-corrected chi connectivity index (χ1v) is 25.8. The quantitative estimate of drug-likeness (QED) is 0.0490. The van der Waals surface area contributed by atoms with Crippen LogP contribution in [0, 0.1) is 24.7 Å². The van der Waals surface area contributed by atoms with E-state index < -0.39 is 0 Å². The van der Waals surface area contributed by atoms with Gasteiger partial charge in [0, 0.05) is 12.8 Å². The van der Waals surface area contributed by atoms with Crippen LogP contribution in [-0.4, -0.2) is 62.2 Å². The predicted octanol–water partition coefficient (Wildman–Crippen LogP) is 15.7. The van der Waals surface area contributed by atoms with E-state index in [-0.39, 0.29) is 0 Å². The second-order valence-corrected chi connectivity index (χ2v) is 17.7. The molecule has 0 aliphatic rings. The number of nitrogens with zero attached hydrogens (tertiary/aromatic N) is 2. The summed E-state index contributed by atoms with van der Waals surface area (Å²) < 4.78 is 0. The van der Waals surface area contributed by atoms with Crippen molar-refractivity contribution in [2.24, 2.45) is 0 Å². The zero-order chi connectivity index (χ0) is 40.5. The smallest absolute Gasteiger partial charge is 0.00982 e. The maximum absolute atomic E-state index is 5.51. The lowest BCUT2D eigenvalue weighted by Gasteiger charge is -2.23. The molecule has 3 heteroatoms. The van der Waals surface area contributed by atoms with Gasteiger partial charge in [0.05, 0.1) is 0 Å². The van der Waals surface area contributed by atoms with E-state index in [9.17, 15) is 0 Å². The molecule has 0 aliphatic heterocycles. The normalized spacial score (nSPS) is 11.5. The van der Waals surface area contributed by atoms with Crippen LogP contribution >= 0.6 is 0 Å². The van der Waals surface area contributed by atoms with Gasteiger partial charge in [-0.1, -0.05) is 206 Å². The molecule has 0 rings (SSSR count). The highest BCUT2D eigenvalue weighted by Gasteiger charge is 2.07. The fraction of sp³-hybridized carbons (Fsp3) is 0.925. The minimum absolute atomic E-state index is 0.883. The number of rotatable bonds is 49. The molecule has 0 aromatic rings. The van der Waals surface area contributed by atoms with Crippen molar-refractivity contribution in [3.8, 4) is 24.7 Å². The molecule has 0 saturated carbocycles. The van der Waals surface area contributed by atoms with Crippen LogP contribution in [0.5, 0.6) is 0 Å². The van der Waals surface area contributed by atoms with Gasteiger partial charge in [0.1, 0.15) is 0 Å². The second-order valence-electron chi connectivity index (χ2n) is 17.7. The maximum atomic E-state index is 5.51. The summed E-state index contributed by atoms with van der Waals surface area (Å²) in [6.07, 6.45) is 65.0. The molecule has 0 aromatic carbocycles. The van der Waals surface area contributed by atoms with Crippen molar-refractivity contribution in [1.29, 1.82) is 0 Å². The van der Waals surface area contributed by atoms with Gasteiger partial charge in [0.2, 0.25) is 0 Å². The second kappa shape index (κ2) is 50.1. The molecule has 0 radical (unpaired) electrons. The Morgan fingerprint density at radius 1 is 0.286 bits per heavy atom.